The summed E-state index contributed by atoms with van der Waals surface area (Å²) in [5.74, 6) is -4.22. The monoisotopic (exact) mass is 358 g/mol. The van der Waals surface area contributed by atoms with Crippen LogP contribution in [0.1, 0.15) is 20.8 Å². The quantitative estimate of drug-likeness (QED) is 0.624. The predicted octanol–water partition coefficient (Wildman–Crippen LogP) is 1.93. The topological polar surface area (TPSA) is 96.3 Å². The lowest BCUT2D eigenvalue weighted by Crippen LogP contribution is -2.42. The van der Waals surface area contributed by atoms with Gasteiger partial charge < -0.3 is 5.11 Å². The van der Waals surface area contributed by atoms with Gasteiger partial charge in [0.1, 0.15) is 11.6 Å². The molecule has 3 N–H and O–H groups in total. The number of hydrazine groups is 1. The van der Waals surface area contributed by atoms with Crippen LogP contribution in [-0.4, -0.2) is 26.7 Å². The van der Waals surface area contributed by atoms with Gasteiger partial charge in [0, 0.05) is 6.07 Å². The largest absolute Gasteiger partial charge is 0.504 e. The SMILES string of the molecule is O=C(NNC(=O)c1nn(-c2ccccc2)cc1O)c1ccc(F)cc1F. The summed E-state index contributed by atoms with van der Waals surface area (Å²) in [6.07, 6.45) is 1.23. The number of halogens is 2. The van der Waals surface area contributed by atoms with Gasteiger partial charge in [-0.05, 0) is 24.3 Å². The molecule has 3 aromatic rings. The Labute approximate surface area is 145 Å². The van der Waals surface area contributed by atoms with Crippen molar-refractivity contribution in [3.63, 3.8) is 0 Å². The zero-order chi connectivity index (χ0) is 18.7. The van der Waals surface area contributed by atoms with Crippen LogP contribution in [0, 0.1) is 11.6 Å². The van der Waals surface area contributed by atoms with E-state index in [0.29, 0.717) is 11.8 Å². The molecule has 2 aromatic carbocycles. The average Bonchev–Trinajstić information content (AvgIpc) is 3.02. The van der Waals surface area contributed by atoms with Crippen LogP contribution in [0.2, 0.25) is 0 Å². The Morgan fingerprint density at radius 3 is 2.38 bits per heavy atom. The van der Waals surface area contributed by atoms with Crippen molar-refractivity contribution >= 4 is 11.8 Å². The van der Waals surface area contributed by atoms with Crippen LogP contribution in [0.4, 0.5) is 8.78 Å². The summed E-state index contributed by atoms with van der Waals surface area (Å²) in [5, 5.41) is 13.8. The van der Waals surface area contributed by atoms with Crippen molar-refractivity contribution in [2.75, 3.05) is 0 Å². The second kappa shape index (κ2) is 7.01. The molecule has 0 fully saturated rings. The number of hydrogen-bond acceptors (Lipinski definition) is 4. The molecule has 2 amide bonds. The Kier molecular flexibility index (Phi) is 4.61. The molecule has 0 saturated carbocycles. The first-order valence-corrected chi connectivity index (χ1v) is 7.35. The number of nitrogens with zero attached hydrogens (tertiary/aromatic N) is 2. The fraction of sp³-hybridized carbons (Fsp3) is 0. The van der Waals surface area contributed by atoms with Gasteiger partial charge in [-0.2, -0.15) is 5.10 Å². The maximum absolute atomic E-state index is 13.5. The van der Waals surface area contributed by atoms with Crippen LogP contribution in [0.5, 0.6) is 5.75 Å². The van der Waals surface area contributed by atoms with Crippen LogP contribution in [-0.2, 0) is 0 Å². The van der Waals surface area contributed by atoms with E-state index >= 15 is 0 Å². The van der Waals surface area contributed by atoms with E-state index in [4.69, 9.17) is 0 Å². The van der Waals surface area contributed by atoms with Crippen molar-refractivity contribution in [2.45, 2.75) is 0 Å². The Morgan fingerprint density at radius 2 is 1.69 bits per heavy atom. The maximum Gasteiger partial charge on any atom is 0.294 e. The molecule has 0 aliphatic rings. The van der Waals surface area contributed by atoms with E-state index in [-0.39, 0.29) is 5.69 Å². The van der Waals surface area contributed by atoms with Crippen molar-refractivity contribution in [3.05, 3.63) is 77.6 Å². The van der Waals surface area contributed by atoms with E-state index in [2.05, 4.69) is 5.10 Å². The Balaban J connectivity index is 1.71. The highest BCUT2D eigenvalue weighted by Crippen LogP contribution is 2.17. The molecule has 0 unspecified atom stereocenters. The van der Waals surface area contributed by atoms with Gasteiger partial charge in [0.2, 0.25) is 0 Å². The minimum Gasteiger partial charge on any atom is -0.504 e. The van der Waals surface area contributed by atoms with E-state index in [1.165, 1.54) is 10.9 Å². The average molecular weight is 358 g/mol. The number of benzene rings is 2. The number of nitrogens with one attached hydrogen (secondary N) is 2. The summed E-state index contributed by atoms with van der Waals surface area (Å²) in [5.41, 5.74) is 3.80. The minimum absolute atomic E-state index is 0.339. The van der Waals surface area contributed by atoms with E-state index in [9.17, 15) is 23.5 Å². The number of aromatic nitrogens is 2. The third-order valence-electron chi connectivity index (χ3n) is 3.40. The number of aromatic hydroxyl groups is 1. The molecule has 0 atom stereocenters. The fourth-order valence-corrected chi connectivity index (χ4v) is 2.15. The highest BCUT2D eigenvalue weighted by Gasteiger charge is 2.19. The molecular weight excluding hydrogens is 346 g/mol. The van der Waals surface area contributed by atoms with E-state index in [0.717, 1.165) is 12.1 Å². The zero-order valence-electron chi connectivity index (χ0n) is 13.1. The van der Waals surface area contributed by atoms with Crippen LogP contribution in [0.15, 0.2) is 54.7 Å². The van der Waals surface area contributed by atoms with Crippen molar-refractivity contribution in [1.29, 1.82) is 0 Å². The van der Waals surface area contributed by atoms with Crippen LogP contribution < -0.4 is 10.9 Å². The summed E-state index contributed by atoms with van der Waals surface area (Å²) >= 11 is 0. The van der Waals surface area contributed by atoms with Gasteiger partial charge in [-0.1, -0.05) is 18.2 Å². The van der Waals surface area contributed by atoms with E-state index < -0.39 is 34.8 Å². The summed E-state index contributed by atoms with van der Waals surface area (Å²) in [6.45, 7) is 0. The Hall–Kier alpha value is -3.75. The standard InChI is InChI=1S/C17H12F2N4O3/c18-10-6-7-12(13(19)8-10)16(25)20-21-17(26)15-14(24)9-23(22-15)11-4-2-1-3-5-11/h1-9,24H,(H,20,25)(H,21,26). The molecule has 132 valence electrons. The molecule has 1 heterocycles. The second-order valence-corrected chi connectivity index (χ2v) is 5.18. The maximum atomic E-state index is 13.5. The molecule has 0 spiro atoms. The molecular formula is C17H12F2N4O3. The van der Waals surface area contributed by atoms with Gasteiger partial charge in [-0.25, -0.2) is 13.5 Å². The molecule has 26 heavy (non-hydrogen) atoms. The summed E-state index contributed by atoms with van der Waals surface area (Å²) < 4.78 is 27.7. The van der Waals surface area contributed by atoms with Gasteiger partial charge in [0.25, 0.3) is 11.8 Å². The molecule has 9 heteroatoms. The van der Waals surface area contributed by atoms with Crippen LogP contribution in [0.3, 0.4) is 0 Å². The lowest BCUT2D eigenvalue weighted by Gasteiger charge is -2.07. The van der Waals surface area contributed by atoms with Crippen molar-refractivity contribution in [2.24, 2.45) is 0 Å². The molecule has 0 bridgehead atoms. The normalized spacial score (nSPS) is 10.4. The molecule has 0 radical (unpaired) electrons. The third kappa shape index (κ3) is 3.51. The number of carbonyl (C=O) groups excluding carboxylic acids is 2. The number of rotatable bonds is 3. The fourth-order valence-electron chi connectivity index (χ4n) is 2.15. The first kappa shape index (κ1) is 17.1. The van der Waals surface area contributed by atoms with Crippen molar-refractivity contribution in [1.82, 2.24) is 20.6 Å². The molecule has 7 nitrogen and oxygen atoms in total. The van der Waals surface area contributed by atoms with Crippen LogP contribution in [0.25, 0.3) is 5.69 Å². The van der Waals surface area contributed by atoms with E-state index in [1.54, 1.807) is 30.3 Å². The molecule has 3 rings (SSSR count). The number of carbonyl (C=O) groups is 2. The molecule has 1 aromatic heterocycles. The zero-order valence-corrected chi connectivity index (χ0v) is 13.1. The summed E-state index contributed by atoms with van der Waals surface area (Å²) in [4.78, 5) is 23.9. The smallest absolute Gasteiger partial charge is 0.294 e. The first-order chi connectivity index (χ1) is 12.5. The number of amides is 2. The van der Waals surface area contributed by atoms with Crippen molar-refractivity contribution in [3.8, 4) is 11.4 Å². The highest BCUT2D eigenvalue weighted by molar-refractivity contribution is 5.99. The number of para-hydroxylation sites is 1. The van der Waals surface area contributed by atoms with E-state index in [1.807, 2.05) is 10.9 Å². The lowest BCUT2D eigenvalue weighted by molar-refractivity contribution is 0.0839. The summed E-state index contributed by atoms with van der Waals surface area (Å²) in [6, 6.07) is 11.1. The lowest BCUT2D eigenvalue weighted by atomic mass is 10.2. The van der Waals surface area contributed by atoms with Gasteiger partial charge in [-0.15, -0.1) is 0 Å². The second-order valence-electron chi connectivity index (χ2n) is 5.18. The number of hydrogen-bond donors (Lipinski definition) is 3. The third-order valence-corrected chi connectivity index (χ3v) is 3.40. The Bertz CT molecular complexity index is 973. The molecule has 0 saturated heterocycles. The minimum atomic E-state index is -1.08. The van der Waals surface area contributed by atoms with Gasteiger partial charge >= 0.3 is 0 Å². The van der Waals surface area contributed by atoms with Crippen molar-refractivity contribution < 1.29 is 23.5 Å². The Morgan fingerprint density at radius 1 is 1.00 bits per heavy atom. The van der Waals surface area contributed by atoms with Gasteiger partial charge in [0.05, 0.1) is 17.4 Å². The molecule has 0 aliphatic heterocycles. The summed E-state index contributed by atoms with van der Waals surface area (Å²) in [7, 11) is 0. The van der Waals surface area contributed by atoms with Crippen LogP contribution >= 0.6 is 0 Å². The highest BCUT2D eigenvalue weighted by atomic mass is 19.1. The molecule has 0 aliphatic carbocycles. The van der Waals surface area contributed by atoms with Gasteiger partial charge in [-0.3, -0.25) is 20.4 Å². The first-order valence-electron chi connectivity index (χ1n) is 7.35. The van der Waals surface area contributed by atoms with Gasteiger partial charge in [0.15, 0.2) is 11.4 Å². The predicted molar refractivity (Wildman–Crippen MR) is 86.5 cm³/mol.